The Morgan fingerprint density at radius 2 is 1.73 bits per heavy atom. The Morgan fingerprint density at radius 3 is 2.27 bits per heavy atom. The predicted octanol–water partition coefficient (Wildman–Crippen LogP) is 2.73. The van der Waals surface area contributed by atoms with Crippen molar-refractivity contribution in [2.24, 2.45) is 0 Å². The third-order valence-electron chi connectivity index (χ3n) is 4.66. The van der Waals surface area contributed by atoms with Crippen LogP contribution in [0.1, 0.15) is 41.9 Å². The van der Waals surface area contributed by atoms with Crippen LogP contribution in [0.25, 0.3) is 0 Å². The average molecular weight is 315 g/mol. The molecular weight excluding hydrogens is 295 g/mol. The maximum atomic E-state index is 12.6. The minimum atomic E-state index is -4.44. The monoisotopic (exact) mass is 315 g/mol. The van der Waals surface area contributed by atoms with Crippen molar-refractivity contribution in [3.05, 3.63) is 23.5 Å². The molecule has 22 heavy (non-hydrogen) atoms. The van der Waals surface area contributed by atoms with Crippen LogP contribution < -0.4 is 0 Å². The molecule has 1 aliphatic heterocycles. The lowest BCUT2D eigenvalue weighted by atomic mass is 10.1. The van der Waals surface area contributed by atoms with Gasteiger partial charge in [-0.25, -0.2) is 0 Å². The number of amides is 1. The van der Waals surface area contributed by atoms with Gasteiger partial charge < -0.3 is 9.88 Å². The number of alkyl halides is 3. The minimum absolute atomic E-state index is 0.0154. The molecule has 0 bridgehead atoms. The molecule has 2 fully saturated rings. The fourth-order valence-electron chi connectivity index (χ4n) is 3.42. The molecule has 1 aliphatic carbocycles. The molecule has 1 aromatic heterocycles. The molecule has 0 spiro atoms. The summed E-state index contributed by atoms with van der Waals surface area (Å²) in [5.74, 6) is -0.346. The molecule has 0 aromatic carbocycles. The summed E-state index contributed by atoms with van der Waals surface area (Å²) >= 11 is 0. The first-order chi connectivity index (χ1) is 10.4. The van der Waals surface area contributed by atoms with Crippen molar-refractivity contribution < 1.29 is 18.0 Å². The van der Waals surface area contributed by atoms with Gasteiger partial charge >= 0.3 is 6.18 Å². The molecule has 1 aromatic rings. The lowest BCUT2D eigenvalue weighted by molar-refractivity contribution is -0.140. The van der Waals surface area contributed by atoms with Crippen molar-refractivity contribution in [1.82, 2.24) is 14.8 Å². The topological polar surface area (TPSA) is 39.3 Å². The highest BCUT2D eigenvalue weighted by Crippen LogP contribution is 2.29. The number of piperazine rings is 1. The normalized spacial score (nSPS) is 21.5. The van der Waals surface area contributed by atoms with Crippen LogP contribution >= 0.6 is 0 Å². The minimum Gasteiger partial charge on any atom is -0.347 e. The van der Waals surface area contributed by atoms with Crippen molar-refractivity contribution in [1.29, 1.82) is 0 Å². The van der Waals surface area contributed by atoms with Crippen LogP contribution in [-0.4, -0.2) is 52.9 Å². The summed E-state index contributed by atoms with van der Waals surface area (Å²) in [5, 5.41) is 0. The van der Waals surface area contributed by atoms with Gasteiger partial charge in [-0.3, -0.25) is 9.69 Å². The third-order valence-corrected chi connectivity index (χ3v) is 4.66. The van der Waals surface area contributed by atoms with Gasteiger partial charge in [-0.2, -0.15) is 13.2 Å². The number of carbonyl (C=O) groups is 1. The Morgan fingerprint density at radius 1 is 1.09 bits per heavy atom. The molecule has 2 aliphatic rings. The van der Waals surface area contributed by atoms with Crippen molar-refractivity contribution in [2.75, 3.05) is 26.2 Å². The number of nitrogens with zero attached hydrogens (tertiary/aromatic N) is 2. The van der Waals surface area contributed by atoms with Crippen molar-refractivity contribution in [3.8, 4) is 0 Å². The fraction of sp³-hybridized carbons (Fsp3) is 0.667. The maximum Gasteiger partial charge on any atom is 0.431 e. The maximum absolute atomic E-state index is 12.6. The molecule has 4 nitrogen and oxygen atoms in total. The van der Waals surface area contributed by atoms with E-state index >= 15 is 0 Å². The van der Waals surface area contributed by atoms with Crippen LogP contribution in [0.4, 0.5) is 13.2 Å². The van der Waals surface area contributed by atoms with Gasteiger partial charge in [0.25, 0.3) is 5.91 Å². The molecule has 1 N–H and O–H groups in total. The first kappa shape index (κ1) is 15.4. The van der Waals surface area contributed by atoms with Crippen molar-refractivity contribution >= 4 is 5.91 Å². The first-order valence-electron chi connectivity index (χ1n) is 7.74. The summed E-state index contributed by atoms with van der Waals surface area (Å²) in [6.45, 7) is 2.78. The van der Waals surface area contributed by atoms with Gasteiger partial charge in [-0.05, 0) is 25.0 Å². The van der Waals surface area contributed by atoms with E-state index in [9.17, 15) is 18.0 Å². The highest BCUT2D eigenvalue weighted by Gasteiger charge is 2.34. The van der Waals surface area contributed by atoms with Crippen LogP contribution in [0, 0.1) is 0 Å². The van der Waals surface area contributed by atoms with E-state index in [4.69, 9.17) is 0 Å². The second-order valence-corrected chi connectivity index (χ2v) is 6.05. The van der Waals surface area contributed by atoms with E-state index in [1.165, 1.54) is 31.7 Å². The van der Waals surface area contributed by atoms with Gasteiger partial charge in [-0.15, -0.1) is 0 Å². The number of hydrogen-bond acceptors (Lipinski definition) is 2. The third kappa shape index (κ3) is 3.14. The number of halogens is 3. The number of rotatable bonds is 2. The van der Waals surface area contributed by atoms with Crippen molar-refractivity contribution in [3.63, 3.8) is 0 Å². The number of hydrogen-bond donors (Lipinski definition) is 1. The standard InChI is InChI=1S/C15H20F3N3O/c16-15(17,18)13-6-5-12(19-13)14(22)21-9-7-20(8-10-21)11-3-1-2-4-11/h5-6,11,19H,1-4,7-10H2. The number of H-pyrrole nitrogens is 1. The summed E-state index contributed by atoms with van der Waals surface area (Å²) < 4.78 is 37.7. The molecule has 1 amide bonds. The predicted molar refractivity (Wildman–Crippen MR) is 75.5 cm³/mol. The van der Waals surface area contributed by atoms with Crippen LogP contribution in [0.3, 0.4) is 0 Å². The lowest BCUT2D eigenvalue weighted by Gasteiger charge is -2.37. The van der Waals surface area contributed by atoms with Gasteiger partial charge in [-0.1, -0.05) is 12.8 Å². The Bertz CT molecular complexity index is 526. The second-order valence-electron chi connectivity index (χ2n) is 6.05. The quantitative estimate of drug-likeness (QED) is 0.911. The largest absolute Gasteiger partial charge is 0.431 e. The summed E-state index contributed by atoms with van der Waals surface area (Å²) in [7, 11) is 0. The molecule has 1 saturated heterocycles. The summed E-state index contributed by atoms with van der Waals surface area (Å²) in [6.07, 6.45) is 0.539. The molecule has 0 unspecified atom stereocenters. The lowest BCUT2D eigenvalue weighted by Crippen LogP contribution is -2.51. The van der Waals surface area contributed by atoms with E-state index in [0.29, 0.717) is 19.1 Å². The zero-order chi connectivity index (χ0) is 15.7. The van der Waals surface area contributed by atoms with Crippen molar-refractivity contribution in [2.45, 2.75) is 37.9 Å². The Kier molecular flexibility index (Phi) is 4.16. The number of carbonyl (C=O) groups excluding carboxylic acids is 1. The molecule has 0 atom stereocenters. The van der Waals surface area contributed by atoms with Gasteiger partial charge in [0.1, 0.15) is 11.4 Å². The van der Waals surface area contributed by atoms with Gasteiger partial charge in [0.05, 0.1) is 0 Å². The molecule has 3 rings (SSSR count). The number of aromatic nitrogens is 1. The van der Waals surface area contributed by atoms with E-state index in [2.05, 4.69) is 9.88 Å². The second kappa shape index (κ2) is 5.95. The molecule has 0 radical (unpaired) electrons. The Balaban J connectivity index is 1.58. The van der Waals surface area contributed by atoms with E-state index < -0.39 is 11.9 Å². The van der Waals surface area contributed by atoms with Gasteiger partial charge in [0, 0.05) is 32.2 Å². The van der Waals surface area contributed by atoms with E-state index in [-0.39, 0.29) is 11.6 Å². The molecule has 122 valence electrons. The summed E-state index contributed by atoms with van der Waals surface area (Å²) in [6, 6.07) is 2.76. The first-order valence-corrected chi connectivity index (χ1v) is 7.74. The highest BCUT2D eigenvalue weighted by atomic mass is 19.4. The van der Waals surface area contributed by atoms with Crippen LogP contribution in [0.2, 0.25) is 0 Å². The van der Waals surface area contributed by atoms with Crippen LogP contribution in [0.15, 0.2) is 12.1 Å². The molecular formula is C15H20F3N3O. The molecule has 1 saturated carbocycles. The smallest absolute Gasteiger partial charge is 0.347 e. The Labute approximate surface area is 127 Å². The van der Waals surface area contributed by atoms with Gasteiger partial charge in [0.2, 0.25) is 0 Å². The van der Waals surface area contributed by atoms with E-state index in [1.807, 2.05) is 0 Å². The SMILES string of the molecule is O=C(c1ccc(C(F)(F)F)[nH]1)N1CCN(C2CCCC2)CC1. The number of nitrogens with one attached hydrogen (secondary N) is 1. The summed E-state index contributed by atoms with van der Waals surface area (Å²) in [5.41, 5.74) is -0.859. The van der Waals surface area contributed by atoms with E-state index in [1.54, 1.807) is 4.90 Å². The summed E-state index contributed by atoms with van der Waals surface area (Å²) in [4.78, 5) is 18.5. The van der Waals surface area contributed by atoms with Gasteiger partial charge in [0.15, 0.2) is 0 Å². The van der Waals surface area contributed by atoms with Crippen LogP contribution in [0.5, 0.6) is 0 Å². The average Bonchev–Trinajstić information content (AvgIpc) is 3.17. The zero-order valence-corrected chi connectivity index (χ0v) is 12.3. The van der Waals surface area contributed by atoms with Crippen LogP contribution in [-0.2, 0) is 6.18 Å². The fourth-order valence-corrected chi connectivity index (χ4v) is 3.42. The highest BCUT2D eigenvalue weighted by molar-refractivity contribution is 5.92. The Hall–Kier alpha value is -1.50. The van der Waals surface area contributed by atoms with E-state index in [0.717, 1.165) is 19.2 Å². The number of aromatic amines is 1. The zero-order valence-electron chi connectivity index (χ0n) is 12.3. The molecule has 2 heterocycles. The molecule has 7 heteroatoms.